The molecule has 160 valence electrons. The summed E-state index contributed by atoms with van der Waals surface area (Å²) in [5.74, 6) is -0.894. The number of amides is 1. The first-order valence-electron chi connectivity index (χ1n) is 9.85. The van der Waals surface area contributed by atoms with E-state index in [0.717, 1.165) is 6.54 Å². The van der Waals surface area contributed by atoms with E-state index in [0.29, 0.717) is 41.2 Å². The zero-order chi connectivity index (χ0) is 22.0. The van der Waals surface area contributed by atoms with Gasteiger partial charge < -0.3 is 19.6 Å². The molecule has 1 aliphatic heterocycles. The van der Waals surface area contributed by atoms with Gasteiger partial charge in [0.15, 0.2) is 0 Å². The van der Waals surface area contributed by atoms with E-state index < -0.39 is 17.7 Å². The molecule has 2 aromatic rings. The van der Waals surface area contributed by atoms with Crippen LogP contribution in [0, 0.1) is 13.8 Å². The minimum atomic E-state index is -0.698. The largest absolute Gasteiger partial charge is 0.507 e. The van der Waals surface area contributed by atoms with Gasteiger partial charge in [0, 0.05) is 12.2 Å². The van der Waals surface area contributed by atoms with Crippen molar-refractivity contribution in [3.8, 4) is 5.75 Å². The Morgan fingerprint density at radius 2 is 2.03 bits per heavy atom. The Kier molecular flexibility index (Phi) is 6.26. The number of likely N-dealkylation sites (tertiary alicyclic amines) is 1. The van der Waals surface area contributed by atoms with Crippen molar-refractivity contribution < 1.29 is 19.4 Å². The molecule has 2 N–H and O–H groups in total. The summed E-state index contributed by atoms with van der Waals surface area (Å²) >= 11 is 0. The van der Waals surface area contributed by atoms with Crippen LogP contribution in [-0.4, -0.2) is 71.1 Å². The predicted octanol–water partition coefficient (Wildman–Crippen LogP) is 2.41. The molecule has 1 aliphatic rings. The van der Waals surface area contributed by atoms with E-state index in [1.54, 1.807) is 33.1 Å². The molecule has 1 saturated heterocycles. The van der Waals surface area contributed by atoms with Crippen LogP contribution >= 0.6 is 0 Å². The number of methoxy groups -OCH3 is 1. The molecule has 3 rings (SSSR count). The number of ketones is 1. The van der Waals surface area contributed by atoms with Crippen LogP contribution in [0.2, 0.25) is 0 Å². The fraction of sp³-hybridized carbons (Fsp3) is 0.409. The number of benzene rings is 1. The first-order valence-corrected chi connectivity index (χ1v) is 9.85. The van der Waals surface area contributed by atoms with Gasteiger partial charge in [-0.25, -0.2) is 0 Å². The SMILES string of the molecule is COc1cccc([C@H]2C(=C(O)c3c(C)n[nH]c3C)C(=O)C(=O)N2CCCN(C)C)c1. The van der Waals surface area contributed by atoms with Crippen molar-refractivity contribution in [1.29, 1.82) is 0 Å². The number of aryl methyl sites for hydroxylation is 2. The summed E-state index contributed by atoms with van der Waals surface area (Å²) < 4.78 is 5.33. The molecule has 30 heavy (non-hydrogen) atoms. The number of aromatic nitrogens is 2. The average molecular weight is 412 g/mol. The Labute approximate surface area is 176 Å². The number of rotatable bonds is 7. The normalized spacial score (nSPS) is 18.5. The van der Waals surface area contributed by atoms with Crippen LogP contribution in [0.5, 0.6) is 5.75 Å². The quantitative estimate of drug-likeness (QED) is 0.412. The number of nitrogens with one attached hydrogen (secondary N) is 1. The number of ether oxygens (including phenoxy) is 1. The van der Waals surface area contributed by atoms with Crippen molar-refractivity contribution in [1.82, 2.24) is 20.0 Å². The third kappa shape index (κ3) is 3.95. The summed E-state index contributed by atoms with van der Waals surface area (Å²) in [5.41, 5.74) is 2.43. The Balaban J connectivity index is 2.14. The van der Waals surface area contributed by atoms with Crippen molar-refractivity contribution in [2.75, 3.05) is 34.3 Å². The summed E-state index contributed by atoms with van der Waals surface area (Å²) in [6.45, 7) is 4.67. The predicted molar refractivity (Wildman–Crippen MR) is 113 cm³/mol. The van der Waals surface area contributed by atoms with E-state index in [1.807, 2.05) is 31.1 Å². The van der Waals surface area contributed by atoms with E-state index in [2.05, 4.69) is 10.2 Å². The van der Waals surface area contributed by atoms with Gasteiger partial charge >= 0.3 is 0 Å². The second-order valence-electron chi connectivity index (χ2n) is 7.73. The molecule has 1 aromatic heterocycles. The maximum atomic E-state index is 13.0. The Morgan fingerprint density at radius 3 is 2.63 bits per heavy atom. The number of aliphatic hydroxyl groups excluding tert-OH is 1. The molecular weight excluding hydrogens is 384 g/mol. The van der Waals surface area contributed by atoms with Gasteiger partial charge in [-0.15, -0.1) is 0 Å². The standard InChI is InChI=1S/C22H28N4O4/c1-13-17(14(2)24-23-13)20(27)18-19(15-8-6-9-16(12-15)30-5)26(22(29)21(18)28)11-7-10-25(3)4/h6,8-9,12,19,27H,7,10-11H2,1-5H3,(H,23,24)/t19-/m0/s1. The molecule has 0 spiro atoms. The molecule has 1 fully saturated rings. The van der Waals surface area contributed by atoms with Crippen LogP contribution in [0.1, 0.15) is 35.0 Å². The second kappa shape index (κ2) is 8.71. The Bertz CT molecular complexity index is 973. The fourth-order valence-electron chi connectivity index (χ4n) is 3.86. The highest BCUT2D eigenvalue weighted by Crippen LogP contribution is 2.41. The molecule has 0 radical (unpaired) electrons. The van der Waals surface area contributed by atoms with Crippen molar-refractivity contribution in [2.45, 2.75) is 26.3 Å². The lowest BCUT2D eigenvalue weighted by atomic mass is 9.94. The van der Waals surface area contributed by atoms with Gasteiger partial charge in [-0.05, 0) is 58.6 Å². The number of carbonyl (C=O) groups excluding carboxylic acids is 2. The molecule has 8 heteroatoms. The van der Waals surface area contributed by atoms with Crippen molar-refractivity contribution in [3.63, 3.8) is 0 Å². The zero-order valence-corrected chi connectivity index (χ0v) is 18.0. The lowest BCUT2D eigenvalue weighted by Gasteiger charge is -2.26. The molecule has 1 aromatic carbocycles. The molecule has 0 aliphatic carbocycles. The first kappa shape index (κ1) is 21.6. The second-order valence-corrected chi connectivity index (χ2v) is 7.73. The van der Waals surface area contributed by atoms with Crippen LogP contribution in [0.4, 0.5) is 0 Å². The number of aromatic amines is 1. The summed E-state index contributed by atoms with van der Waals surface area (Å²) in [5, 5.41) is 18.1. The van der Waals surface area contributed by atoms with E-state index in [4.69, 9.17) is 4.74 Å². The number of hydrogen-bond acceptors (Lipinski definition) is 6. The highest BCUT2D eigenvalue weighted by atomic mass is 16.5. The average Bonchev–Trinajstić information content (AvgIpc) is 3.18. The molecule has 8 nitrogen and oxygen atoms in total. The maximum Gasteiger partial charge on any atom is 0.295 e. The summed E-state index contributed by atoms with van der Waals surface area (Å²) in [4.78, 5) is 29.5. The van der Waals surface area contributed by atoms with Gasteiger partial charge in [0.2, 0.25) is 0 Å². The minimum Gasteiger partial charge on any atom is -0.507 e. The number of H-pyrrole nitrogens is 1. The lowest BCUT2D eigenvalue weighted by molar-refractivity contribution is -0.139. The summed E-state index contributed by atoms with van der Waals surface area (Å²) in [6.07, 6.45) is 0.699. The topological polar surface area (TPSA) is 98.8 Å². The van der Waals surface area contributed by atoms with Gasteiger partial charge in [0.1, 0.15) is 11.5 Å². The Morgan fingerprint density at radius 1 is 1.30 bits per heavy atom. The maximum absolute atomic E-state index is 13.0. The zero-order valence-electron chi connectivity index (χ0n) is 18.0. The Hall–Kier alpha value is -3.13. The number of aliphatic hydroxyl groups is 1. The van der Waals surface area contributed by atoms with Crippen molar-refractivity contribution in [2.24, 2.45) is 0 Å². The molecule has 0 bridgehead atoms. The smallest absolute Gasteiger partial charge is 0.295 e. The van der Waals surface area contributed by atoms with Gasteiger partial charge in [0.05, 0.1) is 30.0 Å². The van der Waals surface area contributed by atoms with E-state index >= 15 is 0 Å². The van der Waals surface area contributed by atoms with Crippen molar-refractivity contribution >= 4 is 17.4 Å². The van der Waals surface area contributed by atoms with Crippen LogP contribution in [0.3, 0.4) is 0 Å². The molecule has 1 amide bonds. The monoisotopic (exact) mass is 412 g/mol. The highest BCUT2D eigenvalue weighted by molar-refractivity contribution is 6.46. The summed E-state index contributed by atoms with van der Waals surface area (Å²) in [7, 11) is 5.47. The highest BCUT2D eigenvalue weighted by Gasteiger charge is 2.46. The van der Waals surface area contributed by atoms with Crippen LogP contribution in [0.15, 0.2) is 29.8 Å². The summed E-state index contributed by atoms with van der Waals surface area (Å²) in [6, 6.07) is 6.53. The molecule has 2 heterocycles. The van der Waals surface area contributed by atoms with E-state index in [-0.39, 0.29) is 11.3 Å². The molecule has 0 unspecified atom stereocenters. The third-order valence-corrected chi connectivity index (χ3v) is 5.32. The van der Waals surface area contributed by atoms with E-state index in [9.17, 15) is 14.7 Å². The number of carbonyl (C=O) groups is 2. The molecule has 1 atom stereocenters. The fourth-order valence-corrected chi connectivity index (χ4v) is 3.86. The number of hydrogen-bond donors (Lipinski definition) is 2. The van der Waals surface area contributed by atoms with E-state index in [1.165, 1.54) is 4.90 Å². The van der Waals surface area contributed by atoms with Crippen LogP contribution in [-0.2, 0) is 9.59 Å². The van der Waals surface area contributed by atoms with Crippen molar-refractivity contribution in [3.05, 3.63) is 52.4 Å². The first-order chi connectivity index (χ1) is 14.3. The number of Topliss-reactive ketones (excluding diaryl/α,β-unsaturated/α-hetero) is 1. The third-order valence-electron chi connectivity index (χ3n) is 5.32. The number of nitrogens with zero attached hydrogens (tertiary/aromatic N) is 3. The lowest BCUT2D eigenvalue weighted by Crippen LogP contribution is -2.32. The van der Waals surface area contributed by atoms with Gasteiger partial charge in [0.25, 0.3) is 11.7 Å². The van der Waals surface area contributed by atoms with Gasteiger partial charge in [-0.2, -0.15) is 5.10 Å². The molecule has 0 saturated carbocycles. The van der Waals surface area contributed by atoms with Crippen LogP contribution in [0.25, 0.3) is 5.76 Å². The minimum absolute atomic E-state index is 0.0747. The van der Waals surface area contributed by atoms with Gasteiger partial charge in [-0.3, -0.25) is 14.7 Å². The molecular formula is C22H28N4O4. The van der Waals surface area contributed by atoms with Gasteiger partial charge in [-0.1, -0.05) is 12.1 Å². The van der Waals surface area contributed by atoms with Crippen LogP contribution < -0.4 is 4.74 Å².